The zero-order chi connectivity index (χ0) is 22.5. The quantitative estimate of drug-likeness (QED) is 0.511. The van der Waals surface area contributed by atoms with Crippen LogP contribution in [0.4, 0.5) is 5.69 Å². The second-order valence-corrected chi connectivity index (χ2v) is 9.50. The van der Waals surface area contributed by atoms with Crippen LogP contribution in [0.25, 0.3) is 0 Å². The maximum Gasteiger partial charge on any atom is 0.289 e. The third-order valence-corrected chi connectivity index (χ3v) is 6.87. The first kappa shape index (κ1) is 22.4. The number of ether oxygens (including phenoxy) is 1. The summed E-state index contributed by atoms with van der Waals surface area (Å²) in [4.78, 5) is 16.9. The van der Waals surface area contributed by atoms with E-state index in [0.717, 1.165) is 30.1 Å². The fraction of sp³-hybridized carbons (Fsp3) is 0.292. The number of piperazine rings is 1. The Morgan fingerprint density at radius 1 is 1.03 bits per heavy atom. The lowest BCUT2D eigenvalue weighted by atomic mass is 10.2. The van der Waals surface area contributed by atoms with Crippen molar-refractivity contribution < 1.29 is 18.2 Å². The summed E-state index contributed by atoms with van der Waals surface area (Å²) in [5, 5.41) is 0.622. The van der Waals surface area contributed by atoms with Gasteiger partial charge in [-0.05, 0) is 42.0 Å². The van der Waals surface area contributed by atoms with Gasteiger partial charge in [-0.1, -0.05) is 29.8 Å². The number of methoxy groups -OCH3 is 1. The molecule has 1 fully saturated rings. The van der Waals surface area contributed by atoms with E-state index in [9.17, 15) is 9.00 Å². The summed E-state index contributed by atoms with van der Waals surface area (Å²) in [6.07, 6.45) is 0. The van der Waals surface area contributed by atoms with E-state index < -0.39 is 10.8 Å². The Balaban J connectivity index is 1.31. The summed E-state index contributed by atoms with van der Waals surface area (Å²) in [5.41, 5.74) is 1.99. The molecule has 0 saturated carbocycles. The number of halogens is 1. The molecule has 3 aromatic rings. The van der Waals surface area contributed by atoms with E-state index in [1.54, 1.807) is 30.2 Å². The molecule has 168 valence electrons. The van der Waals surface area contributed by atoms with E-state index in [1.165, 1.54) is 0 Å². The Bertz CT molecular complexity index is 1110. The van der Waals surface area contributed by atoms with Crippen molar-refractivity contribution in [3.63, 3.8) is 0 Å². The van der Waals surface area contributed by atoms with Gasteiger partial charge in [-0.2, -0.15) is 0 Å². The summed E-state index contributed by atoms with van der Waals surface area (Å²) in [6.45, 7) is 2.67. The number of anilines is 1. The van der Waals surface area contributed by atoms with E-state index in [4.69, 9.17) is 20.8 Å². The summed E-state index contributed by atoms with van der Waals surface area (Å²) >= 11 is 5.99. The van der Waals surface area contributed by atoms with Crippen LogP contribution in [0.3, 0.4) is 0 Å². The molecular weight excluding hydrogens is 448 g/mol. The molecule has 8 heteroatoms. The number of amides is 1. The molecule has 1 aromatic heterocycles. The van der Waals surface area contributed by atoms with Gasteiger partial charge in [0, 0.05) is 59.5 Å². The predicted molar refractivity (Wildman–Crippen MR) is 127 cm³/mol. The summed E-state index contributed by atoms with van der Waals surface area (Å²) < 4.78 is 23.5. The lowest BCUT2D eigenvalue weighted by molar-refractivity contribution is 0.0713. The molecule has 1 saturated heterocycles. The molecule has 1 aliphatic rings. The average molecular weight is 473 g/mol. The van der Waals surface area contributed by atoms with Gasteiger partial charge >= 0.3 is 0 Å². The zero-order valence-electron chi connectivity index (χ0n) is 17.8. The molecule has 32 heavy (non-hydrogen) atoms. The van der Waals surface area contributed by atoms with Crippen LogP contribution >= 0.6 is 11.6 Å². The number of hydrogen-bond acceptors (Lipinski definition) is 5. The lowest BCUT2D eigenvalue weighted by Gasteiger charge is -2.35. The third kappa shape index (κ3) is 5.53. The number of benzene rings is 2. The molecule has 1 aliphatic heterocycles. The molecule has 1 atom stereocenters. The maximum atomic E-state index is 12.9. The molecule has 1 unspecified atom stereocenters. The van der Waals surface area contributed by atoms with Gasteiger partial charge in [-0.25, -0.2) is 0 Å². The molecule has 0 radical (unpaired) electrons. The van der Waals surface area contributed by atoms with E-state index >= 15 is 0 Å². The molecule has 0 bridgehead atoms. The van der Waals surface area contributed by atoms with Gasteiger partial charge in [0.1, 0.15) is 11.5 Å². The first-order valence-electron chi connectivity index (χ1n) is 10.4. The summed E-state index contributed by atoms with van der Waals surface area (Å²) in [6, 6.07) is 18.7. The highest BCUT2D eigenvalue weighted by Gasteiger charge is 2.25. The van der Waals surface area contributed by atoms with Crippen molar-refractivity contribution in [2.75, 3.05) is 38.2 Å². The van der Waals surface area contributed by atoms with Gasteiger partial charge in [-0.3, -0.25) is 9.00 Å². The predicted octanol–water partition coefficient (Wildman–Crippen LogP) is 4.35. The Morgan fingerprint density at radius 3 is 2.56 bits per heavy atom. The molecule has 0 aliphatic carbocycles. The van der Waals surface area contributed by atoms with Crippen molar-refractivity contribution in [3.05, 3.63) is 82.8 Å². The SMILES string of the molecule is COc1cccc(N2CCN(C(=O)c3ccc(CS(=O)Cc4cccc(Cl)c4)o3)CC2)c1. The Morgan fingerprint density at radius 2 is 1.81 bits per heavy atom. The van der Waals surface area contributed by atoms with Crippen LogP contribution in [0.1, 0.15) is 21.9 Å². The molecule has 1 amide bonds. The Hall–Kier alpha value is -2.77. The van der Waals surface area contributed by atoms with Crippen molar-refractivity contribution in [2.24, 2.45) is 0 Å². The van der Waals surface area contributed by atoms with Crippen LogP contribution in [-0.2, 0) is 22.3 Å². The van der Waals surface area contributed by atoms with Crippen molar-refractivity contribution >= 4 is 34.0 Å². The van der Waals surface area contributed by atoms with E-state index in [0.29, 0.717) is 29.6 Å². The van der Waals surface area contributed by atoms with Crippen LogP contribution < -0.4 is 9.64 Å². The summed E-state index contributed by atoms with van der Waals surface area (Å²) in [5.74, 6) is 2.15. The number of carbonyl (C=O) groups excluding carboxylic acids is 1. The number of rotatable bonds is 7. The van der Waals surface area contributed by atoms with Gasteiger partial charge in [0.15, 0.2) is 5.76 Å². The third-order valence-electron chi connectivity index (χ3n) is 5.38. The van der Waals surface area contributed by atoms with Crippen molar-refractivity contribution in [3.8, 4) is 5.75 Å². The van der Waals surface area contributed by atoms with Gasteiger partial charge in [0.25, 0.3) is 5.91 Å². The number of hydrogen-bond donors (Lipinski definition) is 0. The first-order valence-corrected chi connectivity index (χ1v) is 12.2. The second-order valence-electron chi connectivity index (χ2n) is 7.61. The van der Waals surface area contributed by atoms with E-state index in [2.05, 4.69) is 4.90 Å². The van der Waals surface area contributed by atoms with Crippen LogP contribution in [0, 0.1) is 0 Å². The Kier molecular flexibility index (Phi) is 7.17. The maximum absolute atomic E-state index is 12.9. The van der Waals surface area contributed by atoms with E-state index in [-0.39, 0.29) is 17.4 Å². The van der Waals surface area contributed by atoms with Gasteiger partial charge in [0.2, 0.25) is 0 Å². The Labute approximate surface area is 195 Å². The fourth-order valence-electron chi connectivity index (χ4n) is 3.72. The van der Waals surface area contributed by atoms with Gasteiger partial charge in [0.05, 0.1) is 12.9 Å². The van der Waals surface area contributed by atoms with Crippen LogP contribution in [0.5, 0.6) is 5.75 Å². The van der Waals surface area contributed by atoms with E-state index in [1.807, 2.05) is 42.5 Å². The van der Waals surface area contributed by atoms with Crippen molar-refractivity contribution in [1.29, 1.82) is 0 Å². The smallest absolute Gasteiger partial charge is 0.289 e. The molecule has 4 rings (SSSR count). The standard InChI is InChI=1S/C24H25ClN2O4S/c1-30-21-7-3-6-20(15-21)26-10-12-27(13-11-26)24(28)23-9-8-22(31-23)17-32(29)16-18-4-2-5-19(25)14-18/h2-9,14-15H,10-13,16-17H2,1H3. The topological polar surface area (TPSA) is 63.0 Å². The fourth-order valence-corrected chi connectivity index (χ4v) is 5.06. The largest absolute Gasteiger partial charge is 0.497 e. The molecule has 6 nitrogen and oxygen atoms in total. The number of carbonyl (C=O) groups is 1. The monoisotopic (exact) mass is 472 g/mol. The molecular formula is C24H25ClN2O4S. The molecule has 0 N–H and O–H groups in total. The minimum absolute atomic E-state index is 0.137. The van der Waals surface area contributed by atoms with Gasteiger partial charge < -0.3 is 19.0 Å². The minimum atomic E-state index is -1.16. The van der Waals surface area contributed by atoms with Crippen LogP contribution in [0.15, 0.2) is 65.1 Å². The van der Waals surface area contributed by atoms with Crippen molar-refractivity contribution in [2.45, 2.75) is 11.5 Å². The average Bonchev–Trinajstić information content (AvgIpc) is 3.27. The van der Waals surface area contributed by atoms with Crippen LogP contribution in [0.2, 0.25) is 5.02 Å². The van der Waals surface area contributed by atoms with Crippen LogP contribution in [-0.4, -0.2) is 48.3 Å². The highest BCUT2D eigenvalue weighted by molar-refractivity contribution is 7.83. The first-order chi connectivity index (χ1) is 15.5. The van der Waals surface area contributed by atoms with Gasteiger partial charge in [-0.15, -0.1) is 0 Å². The molecule has 0 spiro atoms. The molecule has 2 heterocycles. The molecule has 2 aromatic carbocycles. The second kappa shape index (κ2) is 10.2. The highest BCUT2D eigenvalue weighted by Crippen LogP contribution is 2.23. The summed E-state index contributed by atoms with van der Waals surface area (Å²) in [7, 11) is 0.495. The zero-order valence-corrected chi connectivity index (χ0v) is 19.4. The minimum Gasteiger partial charge on any atom is -0.497 e. The highest BCUT2D eigenvalue weighted by atomic mass is 35.5. The van der Waals surface area contributed by atoms with Crippen molar-refractivity contribution in [1.82, 2.24) is 4.90 Å². The number of nitrogens with zero attached hydrogens (tertiary/aromatic N) is 2. The lowest BCUT2D eigenvalue weighted by Crippen LogP contribution is -2.48. The number of furan rings is 1. The normalized spacial score (nSPS) is 14.9.